The maximum absolute atomic E-state index is 12.5. The summed E-state index contributed by atoms with van der Waals surface area (Å²) in [5.41, 5.74) is 5.43. The molecule has 2 aromatic rings. The van der Waals surface area contributed by atoms with Gasteiger partial charge in [-0.15, -0.1) is 0 Å². The molecule has 2 N–H and O–H groups in total. The van der Waals surface area contributed by atoms with E-state index in [-0.39, 0.29) is 0 Å². The number of hydrogen-bond acceptors (Lipinski definition) is 6. The van der Waals surface area contributed by atoms with Gasteiger partial charge in [-0.3, -0.25) is 20.4 Å². The molecule has 0 saturated carbocycles. The summed E-state index contributed by atoms with van der Waals surface area (Å²) in [6.07, 6.45) is 0.911. The zero-order chi connectivity index (χ0) is 22.8. The molecule has 2 amide bonds. The van der Waals surface area contributed by atoms with Gasteiger partial charge in [0.1, 0.15) is 0 Å². The average molecular weight is 431 g/mol. The molecule has 0 fully saturated rings. The molecule has 0 unspecified atom stereocenters. The molecule has 2 aromatic carbocycles. The molecule has 2 rings (SSSR count). The van der Waals surface area contributed by atoms with E-state index in [0.29, 0.717) is 53.3 Å². The lowest BCUT2D eigenvalue weighted by molar-refractivity contribution is 0.0846. The molecule has 0 heterocycles. The molecule has 0 spiro atoms. The van der Waals surface area contributed by atoms with Gasteiger partial charge < -0.3 is 18.9 Å². The van der Waals surface area contributed by atoms with Gasteiger partial charge in [0.15, 0.2) is 23.0 Å². The first kappa shape index (κ1) is 23.9. The van der Waals surface area contributed by atoms with Crippen LogP contribution in [-0.2, 0) is 0 Å². The first-order chi connectivity index (χ1) is 14.9. The highest BCUT2D eigenvalue weighted by atomic mass is 16.5. The number of ether oxygens (including phenoxy) is 4. The van der Waals surface area contributed by atoms with E-state index in [9.17, 15) is 9.59 Å². The lowest BCUT2D eigenvalue weighted by atomic mass is 10.1. The SMILES string of the molecule is CCOc1cc(C(=O)NNC(=O)c2ccc(OCCC(C)C)c(OC)c2)ccc1OC. The third-order valence-corrected chi connectivity index (χ3v) is 4.39. The van der Waals surface area contributed by atoms with Crippen LogP contribution in [0.25, 0.3) is 0 Å². The molecular weight excluding hydrogens is 400 g/mol. The second-order valence-corrected chi connectivity index (χ2v) is 7.10. The summed E-state index contributed by atoms with van der Waals surface area (Å²) in [5, 5.41) is 0. The maximum atomic E-state index is 12.5. The van der Waals surface area contributed by atoms with Gasteiger partial charge in [0.25, 0.3) is 11.8 Å². The number of rotatable bonds is 10. The van der Waals surface area contributed by atoms with Crippen LogP contribution in [0.5, 0.6) is 23.0 Å². The van der Waals surface area contributed by atoms with Crippen LogP contribution in [0.15, 0.2) is 36.4 Å². The van der Waals surface area contributed by atoms with E-state index in [4.69, 9.17) is 18.9 Å². The summed E-state index contributed by atoms with van der Waals surface area (Å²) in [7, 11) is 3.03. The van der Waals surface area contributed by atoms with E-state index >= 15 is 0 Å². The smallest absolute Gasteiger partial charge is 0.269 e. The summed E-state index contributed by atoms with van der Waals surface area (Å²) in [6.45, 7) is 7.05. The Bertz CT molecular complexity index is 898. The van der Waals surface area contributed by atoms with Gasteiger partial charge in [0.2, 0.25) is 0 Å². The predicted octanol–water partition coefficient (Wildman–Crippen LogP) is 3.60. The number of benzene rings is 2. The molecule has 168 valence electrons. The Labute approximate surface area is 182 Å². The zero-order valence-electron chi connectivity index (χ0n) is 18.6. The highest BCUT2D eigenvalue weighted by Crippen LogP contribution is 2.29. The standard InChI is InChI=1S/C23H30N2O6/c1-6-30-21-14-17(7-9-18(21)28-4)23(27)25-24-22(26)16-8-10-19(20(13-16)29-5)31-12-11-15(2)3/h7-10,13-15H,6,11-12H2,1-5H3,(H,24,26)(H,25,27). The summed E-state index contributed by atoms with van der Waals surface area (Å²) in [6, 6.07) is 9.60. The van der Waals surface area contributed by atoms with Gasteiger partial charge in [0, 0.05) is 11.1 Å². The topological polar surface area (TPSA) is 95.1 Å². The summed E-state index contributed by atoms with van der Waals surface area (Å²) in [4.78, 5) is 24.9. The fraction of sp³-hybridized carbons (Fsp3) is 0.391. The lowest BCUT2D eigenvalue weighted by Gasteiger charge is -2.14. The highest BCUT2D eigenvalue weighted by molar-refractivity contribution is 5.99. The van der Waals surface area contributed by atoms with Crippen molar-refractivity contribution in [3.8, 4) is 23.0 Å². The molecule has 0 bridgehead atoms. The number of methoxy groups -OCH3 is 2. The number of nitrogens with one attached hydrogen (secondary N) is 2. The maximum Gasteiger partial charge on any atom is 0.269 e. The van der Waals surface area contributed by atoms with Crippen LogP contribution >= 0.6 is 0 Å². The van der Waals surface area contributed by atoms with Crippen molar-refractivity contribution in [2.24, 2.45) is 5.92 Å². The summed E-state index contributed by atoms with van der Waals surface area (Å²) < 4.78 is 21.7. The average Bonchev–Trinajstić information content (AvgIpc) is 2.77. The summed E-state index contributed by atoms with van der Waals surface area (Å²) >= 11 is 0. The number of hydrazine groups is 1. The molecule has 8 heteroatoms. The van der Waals surface area contributed by atoms with E-state index in [0.717, 1.165) is 6.42 Å². The normalized spacial score (nSPS) is 10.4. The third-order valence-electron chi connectivity index (χ3n) is 4.39. The number of amides is 2. The van der Waals surface area contributed by atoms with Gasteiger partial charge in [0.05, 0.1) is 27.4 Å². The number of carbonyl (C=O) groups excluding carboxylic acids is 2. The Kier molecular flexibility index (Phi) is 8.99. The fourth-order valence-corrected chi connectivity index (χ4v) is 2.68. The van der Waals surface area contributed by atoms with Gasteiger partial charge >= 0.3 is 0 Å². The Hall–Kier alpha value is -3.42. The fourth-order valence-electron chi connectivity index (χ4n) is 2.68. The van der Waals surface area contributed by atoms with Gasteiger partial charge in [-0.25, -0.2) is 0 Å². The Balaban J connectivity index is 2.01. The third kappa shape index (κ3) is 6.80. The van der Waals surface area contributed by atoms with Gasteiger partial charge in [-0.2, -0.15) is 0 Å². The van der Waals surface area contributed by atoms with Gasteiger partial charge in [-0.05, 0) is 55.7 Å². The van der Waals surface area contributed by atoms with Crippen LogP contribution < -0.4 is 29.8 Å². The molecule has 0 saturated heterocycles. The Morgan fingerprint density at radius 2 is 1.35 bits per heavy atom. The lowest BCUT2D eigenvalue weighted by Crippen LogP contribution is -2.41. The largest absolute Gasteiger partial charge is 0.493 e. The van der Waals surface area contributed by atoms with Crippen molar-refractivity contribution >= 4 is 11.8 Å². The van der Waals surface area contributed by atoms with Gasteiger partial charge in [-0.1, -0.05) is 13.8 Å². The number of carbonyl (C=O) groups is 2. The molecule has 8 nitrogen and oxygen atoms in total. The minimum atomic E-state index is -0.488. The van der Waals surface area contributed by atoms with Crippen LogP contribution in [0.3, 0.4) is 0 Å². The van der Waals surface area contributed by atoms with Crippen molar-refractivity contribution in [2.75, 3.05) is 27.4 Å². The Morgan fingerprint density at radius 3 is 1.87 bits per heavy atom. The Morgan fingerprint density at radius 1 is 0.806 bits per heavy atom. The van der Waals surface area contributed by atoms with E-state index in [1.807, 2.05) is 6.92 Å². The van der Waals surface area contributed by atoms with Crippen molar-refractivity contribution in [3.63, 3.8) is 0 Å². The van der Waals surface area contributed by atoms with E-state index in [1.54, 1.807) is 36.4 Å². The molecule has 0 aliphatic carbocycles. The molecular formula is C23H30N2O6. The highest BCUT2D eigenvalue weighted by Gasteiger charge is 2.15. The van der Waals surface area contributed by atoms with Crippen molar-refractivity contribution in [3.05, 3.63) is 47.5 Å². The van der Waals surface area contributed by atoms with Crippen molar-refractivity contribution in [1.29, 1.82) is 0 Å². The molecule has 0 aliphatic rings. The molecule has 0 aromatic heterocycles. The van der Waals surface area contributed by atoms with Crippen molar-refractivity contribution in [2.45, 2.75) is 27.2 Å². The van der Waals surface area contributed by atoms with Crippen LogP contribution in [0, 0.1) is 5.92 Å². The van der Waals surface area contributed by atoms with E-state index in [1.165, 1.54) is 14.2 Å². The minimum Gasteiger partial charge on any atom is -0.493 e. The molecule has 0 aliphatic heterocycles. The molecule has 31 heavy (non-hydrogen) atoms. The van der Waals surface area contributed by atoms with Crippen LogP contribution in [-0.4, -0.2) is 39.2 Å². The van der Waals surface area contributed by atoms with Crippen molar-refractivity contribution < 1.29 is 28.5 Å². The van der Waals surface area contributed by atoms with Crippen LogP contribution in [0.2, 0.25) is 0 Å². The first-order valence-corrected chi connectivity index (χ1v) is 10.1. The zero-order valence-corrected chi connectivity index (χ0v) is 18.6. The van der Waals surface area contributed by atoms with Crippen molar-refractivity contribution in [1.82, 2.24) is 10.9 Å². The quantitative estimate of drug-likeness (QED) is 0.559. The predicted molar refractivity (Wildman–Crippen MR) is 117 cm³/mol. The number of hydrogen-bond donors (Lipinski definition) is 2. The van der Waals surface area contributed by atoms with Crippen LogP contribution in [0.4, 0.5) is 0 Å². The minimum absolute atomic E-state index is 0.316. The molecule has 0 atom stereocenters. The molecule has 0 radical (unpaired) electrons. The summed E-state index contributed by atoms with van der Waals surface area (Å²) in [5.74, 6) is 1.52. The van der Waals surface area contributed by atoms with E-state index < -0.39 is 11.8 Å². The second kappa shape index (κ2) is 11.7. The first-order valence-electron chi connectivity index (χ1n) is 10.1. The van der Waals surface area contributed by atoms with Crippen LogP contribution in [0.1, 0.15) is 47.9 Å². The van der Waals surface area contributed by atoms with E-state index in [2.05, 4.69) is 24.7 Å². The monoisotopic (exact) mass is 430 g/mol. The second-order valence-electron chi connectivity index (χ2n) is 7.10.